The second kappa shape index (κ2) is 6.26. The maximum Gasteiger partial charge on any atom is 0.203 e. The van der Waals surface area contributed by atoms with Crippen LogP contribution >= 0.6 is 0 Å². The van der Waals surface area contributed by atoms with Crippen molar-refractivity contribution >= 4 is 5.78 Å². The topological polar surface area (TPSA) is 85.2 Å². The van der Waals surface area contributed by atoms with Crippen LogP contribution in [0.15, 0.2) is 30.3 Å². The first-order valence-corrected chi connectivity index (χ1v) is 6.38. The largest absolute Gasteiger partial charge is 0.508 e. The van der Waals surface area contributed by atoms with Gasteiger partial charge in [0.25, 0.3) is 0 Å². The highest BCUT2D eigenvalue weighted by Crippen LogP contribution is 2.39. The molecule has 0 aromatic heterocycles. The first-order valence-electron chi connectivity index (χ1n) is 6.38. The van der Waals surface area contributed by atoms with Crippen LogP contribution in [0.5, 0.6) is 28.7 Å². The molecule has 0 heterocycles. The summed E-state index contributed by atoms with van der Waals surface area (Å²) in [6.07, 6.45) is 0. The van der Waals surface area contributed by atoms with Gasteiger partial charge in [0.15, 0.2) is 17.3 Å². The number of carbonyl (C=O) groups is 1. The van der Waals surface area contributed by atoms with Gasteiger partial charge in [0.1, 0.15) is 11.5 Å². The average molecular weight is 304 g/mol. The zero-order valence-electron chi connectivity index (χ0n) is 12.4. The summed E-state index contributed by atoms with van der Waals surface area (Å²) in [4.78, 5) is 12.5. The number of methoxy groups -OCH3 is 3. The molecule has 0 aliphatic carbocycles. The van der Waals surface area contributed by atoms with E-state index in [-0.39, 0.29) is 22.6 Å². The third-order valence-corrected chi connectivity index (χ3v) is 3.15. The maximum atomic E-state index is 12.5. The standard InChI is InChI=1S/C16H16O6/c1-20-13-6-9(7-14(21-2)16(13)22-3)15(19)11-8-10(17)4-5-12(11)18/h4-8,17-18H,1-3H3. The Kier molecular flexibility index (Phi) is 4.41. The van der Waals surface area contributed by atoms with E-state index in [9.17, 15) is 15.0 Å². The summed E-state index contributed by atoms with van der Waals surface area (Å²) >= 11 is 0. The number of benzene rings is 2. The van der Waals surface area contributed by atoms with E-state index in [4.69, 9.17) is 14.2 Å². The number of carbonyl (C=O) groups excluding carboxylic acids is 1. The molecule has 2 rings (SSSR count). The quantitative estimate of drug-likeness (QED) is 0.651. The van der Waals surface area contributed by atoms with E-state index in [1.807, 2.05) is 0 Å². The smallest absolute Gasteiger partial charge is 0.203 e. The van der Waals surface area contributed by atoms with Gasteiger partial charge in [-0.1, -0.05) is 0 Å². The fourth-order valence-corrected chi connectivity index (χ4v) is 2.07. The number of rotatable bonds is 5. The van der Waals surface area contributed by atoms with Gasteiger partial charge >= 0.3 is 0 Å². The molecule has 0 aliphatic rings. The number of phenolic OH excluding ortho intramolecular Hbond substituents is 2. The van der Waals surface area contributed by atoms with E-state index in [1.165, 1.54) is 51.7 Å². The predicted molar refractivity (Wildman–Crippen MR) is 79.3 cm³/mol. The lowest BCUT2D eigenvalue weighted by Gasteiger charge is -2.14. The van der Waals surface area contributed by atoms with Crippen molar-refractivity contribution in [3.05, 3.63) is 41.5 Å². The van der Waals surface area contributed by atoms with Gasteiger partial charge in [-0.2, -0.15) is 0 Å². The highest BCUT2D eigenvalue weighted by Gasteiger charge is 2.20. The number of aromatic hydroxyl groups is 2. The van der Waals surface area contributed by atoms with Crippen molar-refractivity contribution in [1.82, 2.24) is 0 Å². The van der Waals surface area contributed by atoms with Crippen LogP contribution in [-0.4, -0.2) is 37.3 Å². The minimum Gasteiger partial charge on any atom is -0.508 e. The Hall–Kier alpha value is -2.89. The molecule has 6 heteroatoms. The molecule has 22 heavy (non-hydrogen) atoms. The van der Waals surface area contributed by atoms with Gasteiger partial charge in [-0.25, -0.2) is 0 Å². The average Bonchev–Trinajstić information content (AvgIpc) is 2.54. The lowest BCUT2D eigenvalue weighted by atomic mass is 10.0. The van der Waals surface area contributed by atoms with E-state index in [0.717, 1.165) is 0 Å². The van der Waals surface area contributed by atoms with Gasteiger partial charge < -0.3 is 24.4 Å². The van der Waals surface area contributed by atoms with Gasteiger partial charge in [0, 0.05) is 5.56 Å². The van der Waals surface area contributed by atoms with Crippen LogP contribution in [-0.2, 0) is 0 Å². The Morgan fingerprint density at radius 3 is 2.00 bits per heavy atom. The van der Waals surface area contributed by atoms with E-state index in [1.54, 1.807) is 0 Å². The normalized spacial score (nSPS) is 10.1. The van der Waals surface area contributed by atoms with Crippen LogP contribution in [0, 0.1) is 0 Å². The Morgan fingerprint density at radius 2 is 1.50 bits per heavy atom. The number of ketones is 1. The number of hydrogen-bond donors (Lipinski definition) is 2. The maximum absolute atomic E-state index is 12.5. The molecule has 0 fully saturated rings. The first kappa shape index (κ1) is 15.5. The molecule has 2 aromatic carbocycles. The molecule has 0 bridgehead atoms. The van der Waals surface area contributed by atoms with Crippen LogP contribution in [0.1, 0.15) is 15.9 Å². The monoisotopic (exact) mass is 304 g/mol. The zero-order chi connectivity index (χ0) is 16.3. The molecule has 0 atom stereocenters. The van der Waals surface area contributed by atoms with E-state index in [2.05, 4.69) is 0 Å². The van der Waals surface area contributed by atoms with Gasteiger partial charge in [-0.3, -0.25) is 4.79 Å². The molecule has 0 unspecified atom stereocenters. The van der Waals surface area contributed by atoms with Crippen molar-refractivity contribution in [2.45, 2.75) is 0 Å². The molecule has 116 valence electrons. The van der Waals surface area contributed by atoms with Crippen molar-refractivity contribution in [1.29, 1.82) is 0 Å². The molecule has 0 saturated carbocycles. The molecule has 0 amide bonds. The Labute approximate surface area is 127 Å². The molecule has 0 aliphatic heterocycles. The molecule has 2 aromatic rings. The first-order chi connectivity index (χ1) is 10.5. The van der Waals surface area contributed by atoms with Gasteiger partial charge in [-0.05, 0) is 30.3 Å². The number of ether oxygens (including phenoxy) is 3. The van der Waals surface area contributed by atoms with Crippen molar-refractivity contribution in [3.63, 3.8) is 0 Å². The van der Waals surface area contributed by atoms with E-state index < -0.39 is 5.78 Å². The summed E-state index contributed by atoms with van der Waals surface area (Å²) < 4.78 is 15.6. The third kappa shape index (κ3) is 2.76. The van der Waals surface area contributed by atoms with Crippen LogP contribution < -0.4 is 14.2 Å². The predicted octanol–water partition coefficient (Wildman–Crippen LogP) is 2.35. The molecule has 0 saturated heterocycles. The summed E-state index contributed by atoms with van der Waals surface area (Å²) in [5.41, 5.74) is 0.213. The second-order valence-electron chi connectivity index (χ2n) is 4.44. The lowest BCUT2D eigenvalue weighted by Crippen LogP contribution is -2.04. The molecular formula is C16H16O6. The third-order valence-electron chi connectivity index (χ3n) is 3.15. The summed E-state index contributed by atoms with van der Waals surface area (Å²) in [7, 11) is 4.34. The van der Waals surface area contributed by atoms with Gasteiger partial charge in [0.05, 0.1) is 26.9 Å². The van der Waals surface area contributed by atoms with Gasteiger partial charge in [-0.15, -0.1) is 0 Å². The summed E-state index contributed by atoms with van der Waals surface area (Å²) in [6.45, 7) is 0. The number of hydrogen-bond acceptors (Lipinski definition) is 6. The van der Waals surface area contributed by atoms with Gasteiger partial charge in [0.2, 0.25) is 5.75 Å². The summed E-state index contributed by atoms with van der Waals surface area (Å²) in [5, 5.41) is 19.3. The van der Waals surface area contributed by atoms with Crippen molar-refractivity contribution in [2.24, 2.45) is 0 Å². The van der Waals surface area contributed by atoms with Crippen molar-refractivity contribution in [3.8, 4) is 28.7 Å². The fraction of sp³-hybridized carbons (Fsp3) is 0.188. The van der Waals surface area contributed by atoms with Crippen molar-refractivity contribution < 1.29 is 29.2 Å². The minimum absolute atomic E-state index is 0.0192. The van der Waals surface area contributed by atoms with E-state index in [0.29, 0.717) is 17.2 Å². The van der Waals surface area contributed by atoms with Crippen molar-refractivity contribution in [2.75, 3.05) is 21.3 Å². The second-order valence-corrected chi connectivity index (χ2v) is 4.44. The minimum atomic E-state index is -0.479. The fourth-order valence-electron chi connectivity index (χ4n) is 2.07. The molecule has 6 nitrogen and oxygen atoms in total. The molecule has 0 radical (unpaired) electrons. The van der Waals surface area contributed by atoms with E-state index >= 15 is 0 Å². The molecular weight excluding hydrogens is 288 g/mol. The Bertz CT molecular complexity index is 683. The Morgan fingerprint density at radius 1 is 0.909 bits per heavy atom. The highest BCUT2D eigenvalue weighted by molar-refractivity contribution is 6.11. The highest BCUT2D eigenvalue weighted by atomic mass is 16.5. The number of phenols is 2. The van der Waals surface area contributed by atoms with Crippen LogP contribution in [0.25, 0.3) is 0 Å². The lowest BCUT2D eigenvalue weighted by molar-refractivity contribution is 0.103. The summed E-state index contributed by atoms with van der Waals surface area (Å²) in [5.74, 6) is 0.189. The molecule has 0 spiro atoms. The van der Waals surface area contributed by atoms with Crippen LogP contribution in [0.2, 0.25) is 0 Å². The van der Waals surface area contributed by atoms with Crippen LogP contribution in [0.3, 0.4) is 0 Å². The van der Waals surface area contributed by atoms with Crippen LogP contribution in [0.4, 0.5) is 0 Å². The molecule has 2 N–H and O–H groups in total. The zero-order valence-corrected chi connectivity index (χ0v) is 12.4. The Balaban J connectivity index is 2.56. The SMILES string of the molecule is COc1cc(C(=O)c2cc(O)ccc2O)cc(OC)c1OC. The summed E-state index contributed by atoms with van der Waals surface area (Å²) in [6, 6.07) is 6.70.